The molecule has 0 spiro atoms. The molecule has 2 aromatic carbocycles. The van der Waals surface area contributed by atoms with E-state index in [1.165, 1.54) is 5.19 Å². The third kappa shape index (κ3) is 13.5. The molecule has 0 unspecified atom stereocenters. The van der Waals surface area contributed by atoms with Gasteiger partial charge >= 0.3 is 0 Å². The van der Waals surface area contributed by atoms with Gasteiger partial charge in [0.1, 0.15) is 0 Å². The Kier molecular flexibility index (Phi) is 10.4. The van der Waals surface area contributed by atoms with Gasteiger partial charge in [-0.2, -0.15) is 0 Å². The summed E-state index contributed by atoms with van der Waals surface area (Å²) in [6, 6.07) is 21.5. The summed E-state index contributed by atoms with van der Waals surface area (Å²) in [5.41, 5.74) is 0. The SMILES string of the molecule is C[SiH](C)c1ccccc1.C[Si](C)(C)C.C[Si](C)(C)c1ccccc1. The molecule has 0 aliphatic carbocycles. The first-order chi connectivity index (χ1) is 10.9. The van der Waals surface area contributed by atoms with E-state index < -0.39 is 24.9 Å². The summed E-state index contributed by atoms with van der Waals surface area (Å²) >= 11 is 0. The van der Waals surface area contributed by atoms with E-state index in [4.69, 9.17) is 0 Å². The standard InChI is InChI=1S/C9H14Si.C8H12Si.C4H12Si/c1-10(2,3)9-7-5-4-6-8-9;1-9(2)8-6-4-3-5-7-8;1-5(2,3)4/h4-8H,1-3H3;3-7,9H,1-2H3;1-4H3. The highest BCUT2D eigenvalue weighted by atomic mass is 28.3. The van der Waals surface area contributed by atoms with Crippen molar-refractivity contribution >= 4 is 35.3 Å². The lowest BCUT2D eigenvalue weighted by atomic mass is 10.4. The highest BCUT2D eigenvalue weighted by Gasteiger charge is 2.14. The molecule has 0 heterocycles. The average molecular weight is 375 g/mol. The van der Waals surface area contributed by atoms with Gasteiger partial charge in [0.15, 0.2) is 0 Å². The molecule has 0 N–H and O–H groups in total. The van der Waals surface area contributed by atoms with Crippen molar-refractivity contribution in [2.24, 2.45) is 0 Å². The van der Waals surface area contributed by atoms with Crippen LogP contribution in [0.25, 0.3) is 0 Å². The predicted octanol–water partition coefficient (Wildman–Crippen LogP) is 5.57. The number of benzene rings is 2. The van der Waals surface area contributed by atoms with Crippen molar-refractivity contribution in [1.29, 1.82) is 0 Å². The summed E-state index contributed by atoms with van der Waals surface area (Å²) in [5.74, 6) is 0. The maximum atomic E-state index is 2.36. The fraction of sp³-hybridized carbons (Fsp3) is 0.429. The van der Waals surface area contributed by atoms with Crippen LogP contribution in [0.1, 0.15) is 0 Å². The Morgan fingerprint density at radius 2 is 0.917 bits per heavy atom. The van der Waals surface area contributed by atoms with Crippen molar-refractivity contribution in [2.75, 3.05) is 0 Å². The zero-order chi connectivity index (χ0) is 18.8. The van der Waals surface area contributed by atoms with E-state index in [1.807, 2.05) is 0 Å². The molecule has 0 atom stereocenters. The lowest BCUT2D eigenvalue weighted by molar-refractivity contribution is 1.68. The van der Waals surface area contributed by atoms with Crippen LogP contribution in [0.5, 0.6) is 0 Å². The Bertz CT molecular complexity index is 529. The maximum absolute atomic E-state index is 2.36. The summed E-state index contributed by atoms with van der Waals surface area (Å²) in [6.45, 7) is 21.1. The molecule has 3 heteroatoms. The average Bonchev–Trinajstić information content (AvgIpc) is 2.47. The van der Waals surface area contributed by atoms with Gasteiger partial charge in [-0.15, -0.1) is 0 Å². The van der Waals surface area contributed by atoms with Crippen LogP contribution in [0.4, 0.5) is 0 Å². The van der Waals surface area contributed by atoms with Gasteiger partial charge in [0.05, 0.1) is 16.9 Å². The molecule has 0 saturated carbocycles. The summed E-state index contributed by atoms with van der Waals surface area (Å²) in [4.78, 5) is 0. The quantitative estimate of drug-likeness (QED) is 0.603. The minimum absolute atomic E-state index is 0.529. The van der Waals surface area contributed by atoms with Gasteiger partial charge < -0.3 is 0 Å². The van der Waals surface area contributed by atoms with Gasteiger partial charge in [0.2, 0.25) is 0 Å². The van der Waals surface area contributed by atoms with E-state index in [2.05, 4.69) is 120 Å². The van der Waals surface area contributed by atoms with E-state index >= 15 is 0 Å². The van der Waals surface area contributed by atoms with E-state index in [0.717, 1.165) is 0 Å². The molecule has 0 bridgehead atoms. The van der Waals surface area contributed by atoms with Crippen LogP contribution in [0.2, 0.25) is 58.9 Å². The van der Waals surface area contributed by atoms with E-state index in [-0.39, 0.29) is 0 Å². The van der Waals surface area contributed by atoms with Crippen LogP contribution in [0, 0.1) is 0 Å². The van der Waals surface area contributed by atoms with Crippen molar-refractivity contribution in [3.05, 3.63) is 60.7 Å². The van der Waals surface area contributed by atoms with Crippen LogP contribution >= 0.6 is 0 Å². The van der Waals surface area contributed by atoms with Gasteiger partial charge in [-0.05, 0) is 0 Å². The molecular weight excluding hydrogens is 336 g/mol. The minimum Gasteiger partial charge on any atom is -0.0697 e. The van der Waals surface area contributed by atoms with Crippen LogP contribution < -0.4 is 10.4 Å². The molecule has 0 radical (unpaired) electrons. The molecule has 0 amide bonds. The second kappa shape index (κ2) is 10.9. The molecule has 0 saturated heterocycles. The summed E-state index contributed by atoms with van der Waals surface area (Å²) in [7, 11) is -2.17. The monoisotopic (exact) mass is 374 g/mol. The predicted molar refractivity (Wildman–Crippen MR) is 124 cm³/mol. The number of hydrogen-bond donors (Lipinski definition) is 0. The lowest BCUT2D eigenvalue weighted by Gasteiger charge is -2.15. The molecular formula is C21H38Si3. The third-order valence-electron chi connectivity index (χ3n) is 3.11. The van der Waals surface area contributed by atoms with E-state index in [9.17, 15) is 0 Å². The van der Waals surface area contributed by atoms with Gasteiger partial charge in [-0.25, -0.2) is 0 Å². The second-order valence-electron chi connectivity index (χ2n) is 9.18. The fourth-order valence-electron chi connectivity index (χ4n) is 1.78. The molecule has 134 valence electrons. The Labute approximate surface area is 155 Å². The summed E-state index contributed by atoms with van der Waals surface area (Å²) < 4.78 is 0. The maximum Gasteiger partial charge on any atom is 0.0775 e. The Morgan fingerprint density at radius 1 is 0.583 bits per heavy atom. The first-order valence-corrected chi connectivity index (χ1v) is 19.4. The summed E-state index contributed by atoms with van der Waals surface area (Å²) in [6.07, 6.45) is 0. The first kappa shape index (κ1) is 23.1. The zero-order valence-corrected chi connectivity index (χ0v) is 20.5. The van der Waals surface area contributed by atoms with Crippen molar-refractivity contribution in [3.63, 3.8) is 0 Å². The van der Waals surface area contributed by atoms with Crippen LogP contribution in [0.3, 0.4) is 0 Å². The molecule has 2 aromatic rings. The molecule has 0 fully saturated rings. The number of hydrogen-bond acceptors (Lipinski definition) is 0. The minimum atomic E-state index is -1.03. The van der Waals surface area contributed by atoms with Crippen molar-refractivity contribution in [2.45, 2.75) is 58.9 Å². The fourth-order valence-corrected chi connectivity index (χ4v) is 3.96. The largest absolute Gasteiger partial charge is 0.0775 e. The molecule has 24 heavy (non-hydrogen) atoms. The van der Waals surface area contributed by atoms with Crippen LogP contribution in [0.15, 0.2) is 60.7 Å². The van der Waals surface area contributed by atoms with Crippen LogP contribution in [-0.2, 0) is 0 Å². The molecule has 0 aliphatic heterocycles. The Morgan fingerprint density at radius 3 is 1.12 bits per heavy atom. The van der Waals surface area contributed by atoms with Crippen molar-refractivity contribution < 1.29 is 0 Å². The van der Waals surface area contributed by atoms with Gasteiger partial charge in [-0.3, -0.25) is 0 Å². The van der Waals surface area contributed by atoms with E-state index in [1.54, 1.807) is 5.19 Å². The van der Waals surface area contributed by atoms with Crippen molar-refractivity contribution in [3.8, 4) is 0 Å². The smallest absolute Gasteiger partial charge is 0.0697 e. The first-order valence-electron chi connectivity index (χ1n) is 9.01. The van der Waals surface area contributed by atoms with Crippen molar-refractivity contribution in [1.82, 2.24) is 0 Å². The highest BCUT2D eigenvalue weighted by Crippen LogP contribution is 2.00. The normalized spacial score (nSPS) is 11.1. The molecule has 0 nitrogen and oxygen atoms in total. The Hall–Kier alpha value is -0.909. The topological polar surface area (TPSA) is 0 Å². The molecule has 2 rings (SSSR count). The van der Waals surface area contributed by atoms with Gasteiger partial charge in [0, 0.05) is 8.07 Å². The highest BCUT2D eigenvalue weighted by molar-refractivity contribution is 6.88. The van der Waals surface area contributed by atoms with E-state index in [0.29, 0.717) is 0 Å². The van der Waals surface area contributed by atoms with Gasteiger partial charge in [0.25, 0.3) is 0 Å². The second-order valence-corrected chi connectivity index (χ2v) is 23.2. The lowest BCUT2D eigenvalue weighted by Crippen LogP contribution is -2.37. The summed E-state index contributed by atoms with van der Waals surface area (Å²) in [5, 5.41) is 3.09. The zero-order valence-electron chi connectivity index (χ0n) is 17.4. The third-order valence-corrected chi connectivity index (χ3v) is 6.89. The molecule has 0 aromatic heterocycles. The van der Waals surface area contributed by atoms with Gasteiger partial charge in [-0.1, -0.05) is 130 Å². The number of rotatable bonds is 2. The Balaban J connectivity index is 0.000000351. The molecule has 0 aliphatic rings. The van der Waals surface area contributed by atoms with Crippen LogP contribution in [-0.4, -0.2) is 24.9 Å².